The van der Waals surface area contributed by atoms with Gasteiger partial charge in [0, 0.05) is 19.3 Å². The zero-order chi connectivity index (χ0) is 19.2. The summed E-state index contributed by atoms with van der Waals surface area (Å²) >= 11 is 3.46. The lowest BCUT2D eigenvalue weighted by Crippen LogP contribution is -2.43. The van der Waals surface area contributed by atoms with Crippen LogP contribution < -0.4 is 4.74 Å². The molecule has 7 heteroatoms. The molecule has 1 aliphatic heterocycles. The average Bonchev–Trinajstić information content (AvgIpc) is 2.68. The third kappa shape index (κ3) is 5.37. The molecule has 0 spiro atoms. The second-order valence-corrected chi connectivity index (χ2v) is 7.02. The van der Waals surface area contributed by atoms with Gasteiger partial charge in [-0.3, -0.25) is 9.79 Å². The topological polar surface area (TPSA) is 51.1 Å². The summed E-state index contributed by atoms with van der Waals surface area (Å²) in [6, 6.07) is 10.2. The van der Waals surface area contributed by atoms with Crippen molar-refractivity contribution in [3.63, 3.8) is 0 Å². The predicted molar refractivity (Wildman–Crippen MR) is 105 cm³/mol. The van der Waals surface area contributed by atoms with Crippen LogP contribution in [0, 0.1) is 12.7 Å². The lowest BCUT2D eigenvalue weighted by atomic mass is 10.2. The molecule has 1 amide bonds. The van der Waals surface area contributed by atoms with Gasteiger partial charge >= 0.3 is 0 Å². The van der Waals surface area contributed by atoms with Crippen LogP contribution in [-0.4, -0.2) is 49.9 Å². The molecule has 27 heavy (non-hydrogen) atoms. The summed E-state index contributed by atoms with van der Waals surface area (Å²) in [5.41, 5.74) is 2.09. The Morgan fingerprint density at radius 3 is 2.78 bits per heavy atom. The summed E-state index contributed by atoms with van der Waals surface area (Å²) in [4.78, 5) is 18.2. The molecule has 0 atom stereocenters. The van der Waals surface area contributed by atoms with Crippen molar-refractivity contribution in [1.29, 1.82) is 0 Å². The van der Waals surface area contributed by atoms with E-state index in [1.165, 1.54) is 6.07 Å². The fraction of sp³-hybridized carbons (Fsp3) is 0.300. The van der Waals surface area contributed by atoms with E-state index in [4.69, 9.17) is 9.47 Å². The maximum absolute atomic E-state index is 13.3. The molecule has 0 aliphatic carbocycles. The number of carbonyl (C=O) groups is 1. The van der Waals surface area contributed by atoms with Gasteiger partial charge in [-0.2, -0.15) is 0 Å². The van der Waals surface area contributed by atoms with E-state index in [2.05, 4.69) is 20.9 Å². The highest BCUT2D eigenvalue weighted by Gasteiger charge is 2.17. The first-order valence-electron chi connectivity index (χ1n) is 8.61. The minimum absolute atomic E-state index is 0.0130. The summed E-state index contributed by atoms with van der Waals surface area (Å²) in [5, 5.41) is 0. The summed E-state index contributed by atoms with van der Waals surface area (Å²) in [6.07, 6.45) is 1.69. The molecule has 0 saturated carbocycles. The van der Waals surface area contributed by atoms with Gasteiger partial charge in [0.05, 0.1) is 23.4 Å². The Morgan fingerprint density at radius 1 is 1.30 bits per heavy atom. The molecule has 2 aromatic carbocycles. The number of hydrogen-bond donors (Lipinski definition) is 0. The van der Waals surface area contributed by atoms with Crippen molar-refractivity contribution in [3.05, 3.63) is 57.8 Å². The van der Waals surface area contributed by atoms with Crippen LogP contribution in [-0.2, 0) is 9.53 Å². The Morgan fingerprint density at radius 2 is 2.07 bits per heavy atom. The fourth-order valence-corrected chi connectivity index (χ4v) is 3.13. The summed E-state index contributed by atoms with van der Waals surface area (Å²) in [6.45, 7) is 4.02. The first-order valence-corrected chi connectivity index (χ1v) is 9.40. The molecule has 0 N–H and O–H groups in total. The average molecular weight is 435 g/mol. The minimum Gasteiger partial charge on any atom is -0.483 e. The number of halogens is 2. The Hall–Kier alpha value is -2.25. The monoisotopic (exact) mass is 434 g/mol. The molecule has 3 rings (SSSR count). The maximum Gasteiger partial charge on any atom is 0.260 e. The highest BCUT2D eigenvalue weighted by molar-refractivity contribution is 9.10. The highest BCUT2D eigenvalue weighted by atomic mass is 79.9. The Balaban J connectivity index is 1.60. The van der Waals surface area contributed by atoms with Crippen molar-refractivity contribution in [2.24, 2.45) is 4.99 Å². The van der Waals surface area contributed by atoms with E-state index in [0.29, 0.717) is 43.3 Å². The first kappa shape index (κ1) is 19.5. The SMILES string of the molecule is Cc1cc(N=Cc2ccc(OCC(=O)N3CCOCC3)c(Br)c2)ccc1F. The van der Waals surface area contributed by atoms with Crippen LogP contribution in [0.25, 0.3) is 0 Å². The maximum atomic E-state index is 13.3. The Labute approximate surface area is 165 Å². The zero-order valence-corrected chi connectivity index (χ0v) is 16.5. The van der Waals surface area contributed by atoms with Crippen LogP contribution in [0.1, 0.15) is 11.1 Å². The van der Waals surface area contributed by atoms with E-state index in [-0.39, 0.29) is 18.3 Å². The van der Waals surface area contributed by atoms with Gasteiger partial charge in [-0.25, -0.2) is 4.39 Å². The molecule has 1 saturated heterocycles. The second kappa shape index (κ2) is 9.10. The van der Waals surface area contributed by atoms with Crippen molar-refractivity contribution in [3.8, 4) is 5.75 Å². The molecule has 5 nitrogen and oxygen atoms in total. The van der Waals surface area contributed by atoms with Crippen LogP contribution in [0.5, 0.6) is 5.75 Å². The number of morpholine rings is 1. The molecule has 1 heterocycles. The molecule has 1 fully saturated rings. The van der Waals surface area contributed by atoms with Gasteiger partial charge in [0.2, 0.25) is 0 Å². The molecule has 2 aromatic rings. The van der Waals surface area contributed by atoms with Crippen LogP contribution in [0.15, 0.2) is 45.9 Å². The van der Waals surface area contributed by atoms with E-state index >= 15 is 0 Å². The molecule has 142 valence electrons. The number of rotatable bonds is 5. The van der Waals surface area contributed by atoms with Crippen LogP contribution >= 0.6 is 15.9 Å². The fourth-order valence-electron chi connectivity index (χ4n) is 2.62. The van der Waals surface area contributed by atoms with E-state index in [1.807, 2.05) is 12.1 Å². The summed E-state index contributed by atoms with van der Waals surface area (Å²) < 4.78 is 24.9. The van der Waals surface area contributed by atoms with Crippen molar-refractivity contribution in [1.82, 2.24) is 4.90 Å². The van der Waals surface area contributed by atoms with Crippen LogP contribution in [0.2, 0.25) is 0 Å². The first-order chi connectivity index (χ1) is 13.0. The van der Waals surface area contributed by atoms with Crippen molar-refractivity contribution >= 4 is 33.7 Å². The lowest BCUT2D eigenvalue weighted by molar-refractivity contribution is -0.137. The highest BCUT2D eigenvalue weighted by Crippen LogP contribution is 2.26. The van der Waals surface area contributed by atoms with Gasteiger partial charge in [-0.05, 0) is 70.4 Å². The van der Waals surface area contributed by atoms with Crippen molar-refractivity contribution in [2.75, 3.05) is 32.9 Å². The molecule has 0 aromatic heterocycles. The predicted octanol–water partition coefficient (Wildman–Crippen LogP) is 3.88. The number of hydrogen-bond acceptors (Lipinski definition) is 4. The number of nitrogens with zero attached hydrogens (tertiary/aromatic N) is 2. The third-order valence-electron chi connectivity index (χ3n) is 4.18. The number of ether oxygens (including phenoxy) is 2. The van der Waals surface area contributed by atoms with E-state index in [0.717, 1.165) is 10.0 Å². The quantitative estimate of drug-likeness (QED) is 0.670. The minimum atomic E-state index is -0.246. The van der Waals surface area contributed by atoms with Crippen LogP contribution in [0.3, 0.4) is 0 Å². The largest absolute Gasteiger partial charge is 0.483 e. The summed E-state index contributed by atoms with van der Waals surface area (Å²) in [5.74, 6) is 0.290. The zero-order valence-electron chi connectivity index (χ0n) is 15.0. The molecule has 0 radical (unpaired) electrons. The van der Waals surface area contributed by atoms with Crippen molar-refractivity contribution < 1.29 is 18.7 Å². The van der Waals surface area contributed by atoms with Gasteiger partial charge in [0.15, 0.2) is 6.61 Å². The Kier molecular flexibility index (Phi) is 6.58. The van der Waals surface area contributed by atoms with E-state index in [1.54, 1.807) is 36.2 Å². The van der Waals surface area contributed by atoms with Gasteiger partial charge in [0.25, 0.3) is 5.91 Å². The number of aliphatic imine (C=N–C) groups is 1. The molecule has 0 bridgehead atoms. The molecular formula is C20H20BrFN2O3. The normalized spacial score (nSPS) is 14.6. The third-order valence-corrected chi connectivity index (χ3v) is 4.79. The molecule has 1 aliphatic rings. The number of amides is 1. The van der Waals surface area contributed by atoms with Crippen LogP contribution in [0.4, 0.5) is 10.1 Å². The van der Waals surface area contributed by atoms with Gasteiger partial charge < -0.3 is 14.4 Å². The smallest absolute Gasteiger partial charge is 0.260 e. The summed E-state index contributed by atoms with van der Waals surface area (Å²) in [7, 11) is 0. The van der Waals surface area contributed by atoms with E-state index < -0.39 is 0 Å². The second-order valence-electron chi connectivity index (χ2n) is 6.16. The molecular weight excluding hydrogens is 415 g/mol. The standard InChI is InChI=1S/C20H20BrFN2O3/c1-14-10-16(3-4-18(14)22)23-12-15-2-5-19(17(21)11-15)27-13-20(25)24-6-8-26-9-7-24/h2-5,10-12H,6-9,13H2,1H3. The number of benzene rings is 2. The lowest BCUT2D eigenvalue weighted by Gasteiger charge is -2.26. The molecule has 0 unspecified atom stereocenters. The van der Waals surface area contributed by atoms with Crippen molar-refractivity contribution in [2.45, 2.75) is 6.92 Å². The Bertz CT molecular complexity index is 851. The van der Waals surface area contributed by atoms with Gasteiger partial charge in [-0.1, -0.05) is 0 Å². The van der Waals surface area contributed by atoms with Gasteiger partial charge in [0.1, 0.15) is 11.6 Å². The number of aryl methyl sites for hydroxylation is 1. The number of carbonyl (C=O) groups excluding carboxylic acids is 1. The van der Waals surface area contributed by atoms with Gasteiger partial charge in [-0.15, -0.1) is 0 Å². The van der Waals surface area contributed by atoms with E-state index in [9.17, 15) is 9.18 Å².